The van der Waals surface area contributed by atoms with E-state index in [0.717, 1.165) is 11.3 Å². The number of furan rings is 1. The average molecular weight is 315 g/mol. The number of nitrogens with one attached hydrogen (secondary N) is 1. The maximum Gasteiger partial charge on any atom is 0.244 e. The predicted molar refractivity (Wildman–Crippen MR) is 88.6 cm³/mol. The van der Waals surface area contributed by atoms with Crippen LogP contribution in [0.2, 0.25) is 0 Å². The summed E-state index contributed by atoms with van der Waals surface area (Å²) in [5, 5.41) is 2.90. The third-order valence-electron chi connectivity index (χ3n) is 3.31. The largest absolute Gasteiger partial charge is 0.493 e. The van der Waals surface area contributed by atoms with Gasteiger partial charge in [0.1, 0.15) is 5.76 Å². The lowest BCUT2D eigenvalue weighted by Crippen LogP contribution is -2.32. The van der Waals surface area contributed by atoms with Gasteiger partial charge in [-0.05, 0) is 42.8 Å². The molecule has 2 aromatic rings. The quantitative estimate of drug-likeness (QED) is 0.798. The molecular weight excluding hydrogens is 294 g/mol. The number of benzene rings is 1. The Labute approximate surface area is 135 Å². The molecule has 5 nitrogen and oxygen atoms in total. The second-order valence-electron chi connectivity index (χ2n) is 5.14. The van der Waals surface area contributed by atoms with Crippen molar-refractivity contribution in [2.24, 2.45) is 0 Å². The lowest BCUT2D eigenvalue weighted by atomic mass is 10.1. The molecule has 0 fully saturated rings. The van der Waals surface area contributed by atoms with Crippen LogP contribution < -0.4 is 14.8 Å². The van der Waals surface area contributed by atoms with Crippen molar-refractivity contribution in [1.82, 2.24) is 5.32 Å². The van der Waals surface area contributed by atoms with Crippen molar-refractivity contribution in [3.8, 4) is 11.5 Å². The summed E-state index contributed by atoms with van der Waals surface area (Å²) < 4.78 is 15.7. The first-order valence-corrected chi connectivity index (χ1v) is 7.35. The molecule has 0 saturated heterocycles. The van der Waals surface area contributed by atoms with Crippen molar-refractivity contribution in [3.63, 3.8) is 0 Å². The molecule has 0 aliphatic heterocycles. The minimum absolute atomic E-state index is 0.0105. The van der Waals surface area contributed by atoms with Crippen LogP contribution in [0.5, 0.6) is 11.5 Å². The number of amides is 1. The van der Waals surface area contributed by atoms with E-state index in [2.05, 4.69) is 5.32 Å². The van der Waals surface area contributed by atoms with Crippen LogP contribution in [0.3, 0.4) is 0 Å². The van der Waals surface area contributed by atoms with Gasteiger partial charge in [-0.2, -0.15) is 0 Å². The van der Waals surface area contributed by atoms with Gasteiger partial charge in [0.2, 0.25) is 5.91 Å². The minimum atomic E-state index is -0.154. The standard InChI is InChI=1S/C18H21NO4/c1-13(11-15-5-4-10-23-15)19-18(20)9-7-14-6-8-16(21-2)17(12-14)22-3/h4-10,12-13H,11H2,1-3H3,(H,19,20)/b9-7+. The Kier molecular flexibility index (Phi) is 5.86. The molecule has 0 saturated carbocycles. The second kappa shape index (κ2) is 8.08. The molecule has 1 atom stereocenters. The van der Waals surface area contributed by atoms with Crippen LogP contribution in [-0.2, 0) is 11.2 Å². The van der Waals surface area contributed by atoms with Crippen molar-refractivity contribution in [1.29, 1.82) is 0 Å². The molecule has 1 heterocycles. The van der Waals surface area contributed by atoms with Crippen molar-refractivity contribution in [2.45, 2.75) is 19.4 Å². The Hall–Kier alpha value is -2.69. The van der Waals surface area contributed by atoms with E-state index in [0.29, 0.717) is 17.9 Å². The van der Waals surface area contributed by atoms with Crippen LogP contribution in [0.25, 0.3) is 6.08 Å². The summed E-state index contributed by atoms with van der Waals surface area (Å²) in [6.07, 6.45) is 5.51. The molecule has 23 heavy (non-hydrogen) atoms. The van der Waals surface area contributed by atoms with Crippen LogP contribution in [-0.4, -0.2) is 26.2 Å². The average Bonchev–Trinajstić information content (AvgIpc) is 3.05. The molecule has 1 amide bonds. The Morgan fingerprint density at radius 3 is 2.70 bits per heavy atom. The molecule has 0 aliphatic rings. The first-order valence-electron chi connectivity index (χ1n) is 7.35. The van der Waals surface area contributed by atoms with Gasteiger partial charge in [0.05, 0.1) is 20.5 Å². The molecule has 1 aromatic heterocycles. The number of hydrogen-bond acceptors (Lipinski definition) is 4. The number of ether oxygens (including phenoxy) is 2. The van der Waals surface area contributed by atoms with Crippen molar-refractivity contribution >= 4 is 12.0 Å². The zero-order valence-electron chi connectivity index (χ0n) is 13.5. The van der Waals surface area contributed by atoms with E-state index in [9.17, 15) is 4.79 Å². The maximum atomic E-state index is 11.9. The van der Waals surface area contributed by atoms with Crippen molar-refractivity contribution < 1.29 is 18.7 Å². The van der Waals surface area contributed by atoms with Crippen LogP contribution in [0.1, 0.15) is 18.2 Å². The second-order valence-corrected chi connectivity index (χ2v) is 5.14. The molecule has 0 radical (unpaired) electrons. The van der Waals surface area contributed by atoms with Gasteiger partial charge in [0.15, 0.2) is 11.5 Å². The fourth-order valence-corrected chi connectivity index (χ4v) is 2.20. The summed E-state index contributed by atoms with van der Waals surface area (Å²) in [6.45, 7) is 1.94. The van der Waals surface area contributed by atoms with Crippen molar-refractivity contribution in [3.05, 3.63) is 54.0 Å². The highest BCUT2D eigenvalue weighted by molar-refractivity contribution is 5.92. The van der Waals surface area contributed by atoms with Crippen LogP contribution in [0.4, 0.5) is 0 Å². The van der Waals surface area contributed by atoms with E-state index >= 15 is 0 Å². The van der Waals surface area contributed by atoms with E-state index in [1.165, 1.54) is 6.08 Å². The molecular formula is C18H21NO4. The third-order valence-corrected chi connectivity index (χ3v) is 3.31. The summed E-state index contributed by atoms with van der Waals surface area (Å²) in [6, 6.07) is 9.19. The van der Waals surface area contributed by atoms with E-state index in [1.54, 1.807) is 32.6 Å². The highest BCUT2D eigenvalue weighted by atomic mass is 16.5. The highest BCUT2D eigenvalue weighted by Gasteiger charge is 2.08. The van der Waals surface area contributed by atoms with E-state index < -0.39 is 0 Å². The summed E-state index contributed by atoms with van der Waals surface area (Å²) >= 11 is 0. The normalized spacial score (nSPS) is 12.1. The Morgan fingerprint density at radius 2 is 2.04 bits per heavy atom. The SMILES string of the molecule is COc1ccc(/C=C/C(=O)NC(C)Cc2ccco2)cc1OC. The molecule has 1 unspecified atom stereocenters. The van der Waals surface area contributed by atoms with Gasteiger partial charge in [0, 0.05) is 18.5 Å². The van der Waals surface area contributed by atoms with Crippen LogP contribution in [0, 0.1) is 0 Å². The van der Waals surface area contributed by atoms with Gasteiger partial charge in [-0.25, -0.2) is 0 Å². The fraction of sp³-hybridized carbons (Fsp3) is 0.278. The van der Waals surface area contributed by atoms with Gasteiger partial charge in [-0.15, -0.1) is 0 Å². The Morgan fingerprint density at radius 1 is 1.26 bits per heavy atom. The lowest BCUT2D eigenvalue weighted by molar-refractivity contribution is -0.117. The zero-order valence-corrected chi connectivity index (χ0v) is 13.5. The minimum Gasteiger partial charge on any atom is -0.493 e. The number of hydrogen-bond donors (Lipinski definition) is 1. The molecule has 1 N–H and O–H groups in total. The summed E-state index contributed by atoms with van der Waals surface area (Å²) in [5.41, 5.74) is 0.858. The number of carbonyl (C=O) groups is 1. The van der Waals surface area contributed by atoms with Gasteiger partial charge in [0.25, 0.3) is 0 Å². The molecule has 5 heteroatoms. The van der Waals surface area contributed by atoms with Crippen molar-refractivity contribution in [2.75, 3.05) is 14.2 Å². The first-order chi connectivity index (χ1) is 11.1. The summed E-state index contributed by atoms with van der Waals surface area (Å²) in [5.74, 6) is 1.97. The lowest BCUT2D eigenvalue weighted by Gasteiger charge is -2.10. The van der Waals surface area contributed by atoms with Gasteiger partial charge in [-0.3, -0.25) is 4.79 Å². The molecule has 122 valence electrons. The van der Waals surface area contributed by atoms with Gasteiger partial charge >= 0.3 is 0 Å². The monoisotopic (exact) mass is 315 g/mol. The highest BCUT2D eigenvalue weighted by Crippen LogP contribution is 2.27. The molecule has 0 spiro atoms. The Balaban J connectivity index is 1.92. The topological polar surface area (TPSA) is 60.7 Å². The Bertz CT molecular complexity index is 662. The van der Waals surface area contributed by atoms with Gasteiger partial charge in [-0.1, -0.05) is 6.07 Å². The zero-order chi connectivity index (χ0) is 16.7. The molecule has 1 aromatic carbocycles. The molecule has 0 bridgehead atoms. The molecule has 2 rings (SSSR count). The first kappa shape index (κ1) is 16.7. The molecule has 0 aliphatic carbocycles. The number of methoxy groups -OCH3 is 2. The predicted octanol–water partition coefficient (Wildman–Crippen LogP) is 3.06. The smallest absolute Gasteiger partial charge is 0.244 e. The van der Waals surface area contributed by atoms with E-state index in [-0.39, 0.29) is 11.9 Å². The number of carbonyl (C=O) groups excluding carboxylic acids is 1. The maximum absolute atomic E-state index is 11.9. The number of rotatable bonds is 7. The fourth-order valence-electron chi connectivity index (χ4n) is 2.20. The van der Waals surface area contributed by atoms with Gasteiger partial charge < -0.3 is 19.2 Å². The van der Waals surface area contributed by atoms with Crippen LogP contribution in [0.15, 0.2) is 47.1 Å². The van der Waals surface area contributed by atoms with E-state index in [1.807, 2.05) is 31.2 Å². The summed E-state index contributed by atoms with van der Waals surface area (Å²) in [7, 11) is 3.16. The summed E-state index contributed by atoms with van der Waals surface area (Å²) in [4.78, 5) is 11.9. The third kappa shape index (κ3) is 4.92. The van der Waals surface area contributed by atoms with E-state index in [4.69, 9.17) is 13.9 Å². The van der Waals surface area contributed by atoms with Crippen LogP contribution >= 0.6 is 0 Å².